The van der Waals surface area contributed by atoms with Crippen LogP contribution in [0, 0.1) is 5.41 Å². The lowest BCUT2D eigenvalue weighted by atomic mass is 9.82. The minimum Gasteiger partial charge on any atom is -0.393 e. The van der Waals surface area contributed by atoms with Gasteiger partial charge in [-0.25, -0.2) is 0 Å². The van der Waals surface area contributed by atoms with Gasteiger partial charge in [0.25, 0.3) is 0 Å². The first-order chi connectivity index (χ1) is 7.12. The maximum Gasteiger partial charge on any atom is 0.0512 e. The molecule has 0 bridgehead atoms. The zero-order valence-electron chi connectivity index (χ0n) is 10.6. The van der Waals surface area contributed by atoms with Crippen LogP contribution in [0.25, 0.3) is 0 Å². The Hall–Kier alpha value is -0.0800. The third-order valence-electron chi connectivity index (χ3n) is 4.11. The van der Waals surface area contributed by atoms with Crippen LogP contribution in [0.1, 0.15) is 52.9 Å². The van der Waals surface area contributed by atoms with E-state index in [1.807, 2.05) is 6.92 Å². The van der Waals surface area contributed by atoms with Gasteiger partial charge < -0.3 is 10.0 Å². The van der Waals surface area contributed by atoms with E-state index in [0.29, 0.717) is 5.41 Å². The molecular formula is C13H27NO. The fourth-order valence-corrected chi connectivity index (χ4v) is 2.66. The smallest absolute Gasteiger partial charge is 0.0512 e. The van der Waals surface area contributed by atoms with Crippen LogP contribution >= 0.6 is 0 Å². The van der Waals surface area contributed by atoms with Crippen molar-refractivity contribution in [3.63, 3.8) is 0 Å². The highest BCUT2D eigenvalue weighted by Crippen LogP contribution is 2.36. The Morgan fingerprint density at radius 2 is 2.00 bits per heavy atom. The first kappa shape index (κ1) is 13.0. The number of nitrogens with zero attached hydrogens (tertiary/aromatic N) is 1. The molecule has 90 valence electrons. The molecule has 2 nitrogen and oxygen atoms in total. The first-order valence-corrected chi connectivity index (χ1v) is 6.52. The Morgan fingerprint density at radius 3 is 2.47 bits per heavy atom. The second kappa shape index (κ2) is 5.86. The lowest BCUT2D eigenvalue weighted by molar-refractivity contribution is 0.171. The molecule has 1 aliphatic rings. The molecule has 0 amide bonds. The van der Waals surface area contributed by atoms with Crippen LogP contribution in [-0.4, -0.2) is 35.7 Å². The molecule has 1 rings (SSSR count). The van der Waals surface area contributed by atoms with E-state index in [0.717, 1.165) is 12.8 Å². The van der Waals surface area contributed by atoms with Crippen molar-refractivity contribution >= 4 is 0 Å². The van der Waals surface area contributed by atoms with Gasteiger partial charge in [-0.15, -0.1) is 0 Å². The zero-order valence-corrected chi connectivity index (χ0v) is 10.6. The summed E-state index contributed by atoms with van der Waals surface area (Å²) in [6, 6.07) is 0. The van der Waals surface area contributed by atoms with Gasteiger partial charge in [-0.05, 0) is 57.5 Å². The highest BCUT2D eigenvalue weighted by Gasteiger charge is 2.34. The number of rotatable bonds is 6. The van der Waals surface area contributed by atoms with Crippen molar-refractivity contribution in [1.82, 2.24) is 4.90 Å². The fourth-order valence-electron chi connectivity index (χ4n) is 2.66. The molecule has 1 atom stereocenters. The Balaban J connectivity index is 2.24. The molecule has 0 aliphatic carbocycles. The predicted octanol–water partition coefficient (Wildman–Crippen LogP) is 2.66. The Labute approximate surface area is 94.7 Å². The molecular weight excluding hydrogens is 186 g/mol. The topological polar surface area (TPSA) is 23.5 Å². The Morgan fingerprint density at radius 1 is 1.33 bits per heavy atom. The van der Waals surface area contributed by atoms with Crippen LogP contribution in [0.4, 0.5) is 0 Å². The maximum absolute atomic E-state index is 9.20. The second-order valence-corrected chi connectivity index (χ2v) is 5.22. The van der Waals surface area contributed by atoms with Crippen molar-refractivity contribution < 1.29 is 5.11 Å². The molecule has 15 heavy (non-hydrogen) atoms. The Bertz CT molecular complexity index is 175. The minimum absolute atomic E-state index is 0.130. The van der Waals surface area contributed by atoms with Gasteiger partial charge in [0.05, 0.1) is 6.10 Å². The summed E-state index contributed by atoms with van der Waals surface area (Å²) in [5.74, 6) is 0. The summed E-state index contributed by atoms with van der Waals surface area (Å²) in [5.41, 5.74) is 0.602. The van der Waals surface area contributed by atoms with Gasteiger partial charge in [0.15, 0.2) is 0 Å². The van der Waals surface area contributed by atoms with Crippen LogP contribution in [-0.2, 0) is 0 Å². The summed E-state index contributed by atoms with van der Waals surface area (Å²) in [6.45, 7) is 10.2. The molecule has 0 spiro atoms. The number of hydrogen-bond acceptors (Lipinski definition) is 2. The average Bonchev–Trinajstić information content (AvgIpc) is 2.62. The van der Waals surface area contributed by atoms with Gasteiger partial charge >= 0.3 is 0 Å². The number of aliphatic hydroxyl groups excluding tert-OH is 1. The normalized spacial score (nSPS) is 23.2. The van der Waals surface area contributed by atoms with Gasteiger partial charge in [-0.2, -0.15) is 0 Å². The van der Waals surface area contributed by atoms with Gasteiger partial charge in [-0.3, -0.25) is 0 Å². The third kappa shape index (κ3) is 3.76. The molecule has 0 radical (unpaired) electrons. The van der Waals surface area contributed by atoms with E-state index < -0.39 is 0 Å². The van der Waals surface area contributed by atoms with Gasteiger partial charge in [0.1, 0.15) is 0 Å². The highest BCUT2D eigenvalue weighted by atomic mass is 16.3. The molecule has 0 aromatic heterocycles. The standard InChI is InChI=1S/C13H27NO/c1-4-13(5-2)8-10-14(11-13)9-6-7-12(3)15/h12,15H,4-11H2,1-3H3. The molecule has 1 aliphatic heterocycles. The fraction of sp³-hybridized carbons (Fsp3) is 1.00. The molecule has 0 aromatic rings. The lowest BCUT2D eigenvalue weighted by Crippen LogP contribution is -2.27. The minimum atomic E-state index is -0.130. The molecule has 2 heteroatoms. The van der Waals surface area contributed by atoms with Gasteiger partial charge in [0.2, 0.25) is 0 Å². The summed E-state index contributed by atoms with van der Waals surface area (Å²) in [7, 11) is 0. The number of hydrogen-bond donors (Lipinski definition) is 1. The largest absolute Gasteiger partial charge is 0.393 e. The van der Waals surface area contributed by atoms with E-state index in [4.69, 9.17) is 0 Å². The quantitative estimate of drug-likeness (QED) is 0.733. The lowest BCUT2D eigenvalue weighted by Gasteiger charge is -2.26. The maximum atomic E-state index is 9.20. The molecule has 1 heterocycles. The SMILES string of the molecule is CCC1(CC)CCN(CCCC(C)O)C1. The molecule has 0 aromatic carbocycles. The van der Waals surface area contributed by atoms with E-state index >= 15 is 0 Å². The van der Waals surface area contributed by atoms with Gasteiger partial charge in [-0.1, -0.05) is 13.8 Å². The number of likely N-dealkylation sites (tertiary alicyclic amines) is 1. The van der Waals surface area contributed by atoms with Crippen molar-refractivity contribution in [3.8, 4) is 0 Å². The average molecular weight is 213 g/mol. The molecule has 1 N–H and O–H groups in total. The summed E-state index contributed by atoms with van der Waals surface area (Å²) in [6.07, 6.45) is 5.96. The predicted molar refractivity (Wildman–Crippen MR) is 65.0 cm³/mol. The van der Waals surface area contributed by atoms with E-state index in [2.05, 4.69) is 18.7 Å². The summed E-state index contributed by atoms with van der Waals surface area (Å²) in [4.78, 5) is 2.58. The van der Waals surface area contributed by atoms with Crippen molar-refractivity contribution in [1.29, 1.82) is 0 Å². The third-order valence-corrected chi connectivity index (χ3v) is 4.11. The van der Waals surface area contributed by atoms with Crippen LogP contribution in [0.3, 0.4) is 0 Å². The summed E-state index contributed by atoms with van der Waals surface area (Å²) < 4.78 is 0. The monoisotopic (exact) mass is 213 g/mol. The second-order valence-electron chi connectivity index (χ2n) is 5.22. The zero-order chi connectivity index (χ0) is 11.3. The summed E-state index contributed by atoms with van der Waals surface area (Å²) >= 11 is 0. The van der Waals surface area contributed by atoms with Crippen molar-refractivity contribution in [2.45, 2.75) is 59.0 Å². The summed E-state index contributed by atoms with van der Waals surface area (Å²) in [5, 5.41) is 9.20. The molecule has 1 saturated heterocycles. The molecule has 1 fully saturated rings. The first-order valence-electron chi connectivity index (χ1n) is 6.52. The van der Waals surface area contributed by atoms with Gasteiger partial charge in [0, 0.05) is 6.54 Å². The molecule has 1 unspecified atom stereocenters. The highest BCUT2D eigenvalue weighted by molar-refractivity contribution is 4.87. The van der Waals surface area contributed by atoms with E-state index in [9.17, 15) is 5.11 Å². The van der Waals surface area contributed by atoms with Crippen molar-refractivity contribution in [2.75, 3.05) is 19.6 Å². The van der Waals surface area contributed by atoms with E-state index in [1.54, 1.807) is 0 Å². The van der Waals surface area contributed by atoms with Crippen LogP contribution in [0.15, 0.2) is 0 Å². The van der Waals surface area contributed by atoms with Crippen LogP contribution in [0.2, 0.25) is 0 Å². The van der Waals surface area contributed by atoms with Crippen LogP contribution in [0.5, 0.6) is 0 Å². The van der Waals surface area contributed by atoms with E-state index in [-0.39, 0.29) is 6.10 Å². The molecule has 0 saturated carbocycles. The van der Waals surface area contributed by atoms with Crippen LogP contribution < -0.4 is 0 Å². The van der Waals surface area contributed by atoms with E-state index in [1.165, 1.54) is 38.9 Å². The number of aliphatic hydroxyl groups is 1. The van der Waals surface area contributed by atoms with Crippen molar-refractivity contribution in [2.24, 2.45) is 5.41 Å². The Kier molecular flexibility index (Phi) is 5.07. The van der Waals surface area contributed by atoms with Crippen molar-refractivity contribution in [3.05, 3.63) is 0 Å².